The molecular formula is C18H29NO4S. The molecule has 1 rings (SSSR count). The van der Waals surface area contributed by atoms with Gasteiger partial charge in [-0.25, -0.2) is 4.79 Å². The van der Waals surface area contributed by atoms with E-state index >= 15 is 0 Å². The van der Waals surface area contributed by atoms with Gasteiger partial charge >= 0.3 is 5.97 Å². The van der Waals surface area contributed by atoms with Gasteiger partial charge in [-0.3, -0.25) is 4.79 Å². The molecule has 0 aromatic carbocycles. The lowest BCUT2D eigenvalue weighted by molar-refractivity contribution is -0.159. The van der Waals surface area contributed by atoms with Gasteiger partial charge in [-0.2, -0.15) is 0 Å². The lowest BCUT2D eigenvalue weighted by Gasteiger charge is -2.21. The molecule has 5 nitrogen and oxygen atoms in total. The lowest BCUT2D eigenvalue weighted by Crippen LogP contribution is -2.36. The van der Waals surface area contributed by atoms with E-state index in [0.29, 0.717) is 12.5 Å². The highest BCUT2D eigenvalue weighted by atomic mass is 32.1. The first-order chi connectivity index (χ1) is 11.3. The molecule has 0 spiro atoms. The van der Waals surface area contributed by atoms with Crippen LogP contribution in [0.15, 0.2) is 17.5 Å². The summed E-state index contributed by atoms with van der Waals surface area (Å²) in [6, 6.07) is 3.88. The number of hydrogen-bond donors (Lipinski definition) is 1. The molecule has 0 aliphatic carbocycles. The molecule has 0 aliphatic heterocycles. The molecule has 0 aliphatic rings. The second-order valence-corrected chi connectivity index (χ2v) is 7.59. The maximum absolute atomic E-state index is 12.1. The molecule has 0 bridgehead atoms. The molecular weight excluding hydrogens is 326 g/mol. The van der Waals surface area contributed by atoms with Gasteiger partial charge < -0.3 is 14.8 Å². The number of carbonyl (C=O) groups excluding carboxylic acids is 2. The van der Waals surface area contributed by atoms with Crippen LogP contribution in [0, 0.1) is 11.8 Å². The summed E-state index contributed by atoms with van der Waals surface area (Å²) in [6.45, 7) is 10.1. The number of hydrogen-bond acceptors (Lipinski definition) is 5. The van der Waals surface area contributed by atoms with Crippen molar-refractivity contribution in [1.82, 2.24) is 5.32 Å². The molecule has 0 saturated carbocycles. The first kappa shape index (κ1) is 20.6. The minimum atomic E-state index is -0.658. The van der Waals surface area contributed by atoms with Crippen LogP contribution in [0.5, 0.6) is 0 Å². The van der Waals surface area contributed by atoms with E-state index < -0.39 is 12.1 Å². The van der Waals surface area contributed by atoms with Gasteiger partial charge in [-0.05, 0) is 36.6 Å². The van der Waals surface area contributed by atoms with Crippen LogP contribution in [0.1, 0.15) is 52.0 Å². The molecule has 24 heavy (non-hydrogen) atoms. The van der Waals surface area contributed by atoms with Crippen molar-refractivity contribution in [2.75, 3.05) is 13.2 Å². The topological polar surface area (TPSA) is 64.6 Å². The van der Waals surface area contributed by atoms with E-state index in [-0.39, 0.29) is 24.5 Å². The van der Waals surface area contributed by atoms with Crippen LogP contribution in [0.4, 0.5) is 0 Å². The zero-order valence-corrected chi connectivity index (χ0v) is 16.0. The maximum Gasteiger partial charge on any atom is 0.335 e. The van der Waals surface area contributed by atoms with Gasteiger partial charge in [0.25, 0.3) is 5.91 Å². The Balaban J connectivity index is 2.37. The zero-order valence-electron chi connectivity index (χ0n) is 15.2. The molecule has 1 amide bonds. The summed E-state index contributed by atoms with van der Waals surface area (Å²) in [4.78, 5) is 25.0. The molecule has 1 heterocycles. The number of nitrogens with one attached hydrogen (secondary N) is 1. The highest BCUT2D eigenvalue weighted by molar-refractivity contribution is 7.10. The Morgan fingerprint density at radius 3 is 2.46 bits per heavy atom. The Morgan fingerprint density at radius 1 is 1.21 bits per heavy atom. The normalized spacial score (nSPS) is 13.8. The molecule has 2 atom stereocenters. The van der Waals surface area contributed by atoms with Gasteiger partial charge in [0, 0.05) is 11.5 Å². The van der Waals surface area contributed by atoms with Crippen molar-refractivity contribution in [2.45, 2.75) is 53.2 Å². The number of ether oxygens (including phenoxy) is 2. The second-order valence-electron chi connectivity index (χ2n) is 6.61. The largest absolute Gasteiger partial charge is 0.454 e. The van der Waals surface area contributed by atoms with E-state index in [9.17, 15) is 9.59 Å². The fourth-order valence-electron chi connectivity index (χ4n) is 2.05. The monoisotopic (exact) mass is 355 g/mol. The van der Waals surface area contributed by atoms with Crippen molar-refractivity contribution < 1.29 is 19.1 Å². The van der Waals surface area contributed by atoms with Gasteiger partial charge in [-0.1, -0.05) is 33.8 Å². The van der Waals surface area contributed by atoms with Crippen LogP contribution < -0.4 is 5.32 Å². The average molecular weight is 356 g/mol. The van der Waals surface area contributed by atoms with Gasteiger partial charge in [0.2, 0.25) is 0 Å². The third-order valence-corrected chi connectivity index (χ3v) is 4.53. The summed E-state index contributed by atoms with van der Waals surface area (Å²) < 4.78 is 10.5. The molecule has 6 heteroatoms. The summed E-state index contributed by atoms with van der Waals surface area (Å²) in [7, 11) is 0. The van der Waals surface area contributed by atoms with E-state index in [2.05, 4.69) is 19.2 Å². The minimum absolute atomic E-state index is 0.0732. The SMILES string of the molecule is CC(C)CCOC(C)C(=O)OCC(=O)NC(c1cccs1)C(C)C. The minimum Gasteiger partial charge on any atom is -0.454 e. The molecule has 1 aromatic heterocycles. The van der Waals surface area contributed by atoms with Crippen molar-refractivity contribution in [3.05, 3.63) is 22.4 Å². The Morgan fingerprint density at radius 2 is 1.92 bits per heavy atom. The maximum atomic E-state index is 12.1. The summed E-state index contributed by atoms with van der Waals surface area (Å²) in [5, 5.41) is 4.90. The Hall–Kier alpha value is -1.40. The number of carbonyl (C=O) groups is 2. The highest BCUT2D eigenvalue weighted by Crippen LogP contribution is 2.25. The van der Waals surface area contributed by atoms with Crippen molar-refractivity contribution in [3.63, 3.8) is 0 Å². The predicted molar refractivity (Wildman–Crippen MR) is 95.9 cm³/mol. The molecule has 2 unspecified atom stereocenters. The van der Waals surface area contributed by atoms with Crippen molar-refractivity contribution in [1.29, 1.82) is 0 Å². The molecule has 0 saturated heterocycles. The van der Waals surface area contributed by atoms with E-state index in [1.165, 1.54) is 0 Å². The fourth-order valence-corrected chi connectivity index (χ4v) is 3.00. The standard InChI is InChI=1S/C18H29NO4S/c1-12(2)8-9-22-14(5)18(21)23-11-16(20)19-17(13(3)4)15-7-6-10-24-15/h6-7,10,12-14,17H,8-9,11H2,1-5H3,(H,19,20). The summed E-state index contributed by atoms with van der Waals surface area (Å²) in [5.74, 6) is -0.0400. The number of thiophene rings is 1. The van der Waals surface area contributed by atoms with E-state index in [0.717, 1.165) is 11.3 Å². The first-order valence-corrected chi connectivity index (χ1v) is 9.30. The van der Waals surface area contributed by atoms with Crippen LogP contribution >= 0.6 is 11.3 Å². The Bertz CT molecular complexity index is 499. The fraction of sp³-hybridized carbons (Fsp3) is 0.667. The Labute approximate surface area is 148 Å². The van der Waals surface area contributed by atoms with Crippen LogP contribution in [0.25, 0.3) is 0 Å². The van der Waals surface area contributed by atoms with E-state index in [1.54, 1.807) is 18.3 Å². The second kappa shape index (κ2) is 10.5. The molecule has 0 fully saturated rings. The molecule has 0 radical (unpaired) electrons. The van der Waals surface area contributed by atoms with Gasteiger partial charge in [0.05, 0.1) is 6.04 Å². The third-order valence-electron chi connectivity index (χ3n) is 3.57. The summed E-state index contributed by atoms with van der Waals surface area (Å²) >= 11 is 1.60. The zero-order chi connectivity index (χ0) is 18.1. The average Bonchev–Trinajstić information content (AvgIpc) is 3.03. The van der Waals surface area contributed by atoms with Crippen LogP contribution in [-0.4, -0.2) is 31.2 Å². The first-order valence-electron chi connectivity index (χ1n) is 8.42. The van der Waals surface area contributed by atoms with E-state index in [4.69, 9.17) is 9.47 Å². The highest BCUT2D eigenvalue weighted by Gasteiger charge is 2.21. The smallest absolute Gasteiger partial charge is 0.335 e. The number of rotatable bonds is 10. The predicted octanol–water partition coefficient (Wildman–Crippen LogP) is 3.56. The Kier molecular flexibility index (Phi) is 9.00. The van der Waals surface area contributed by atoms with Gasteiger partial charge in [0.1, 0.15) is 0 Å². The van der Waals surface area contributed by atoms with Crippen LogP contribution in [0.3, 0.4) is 0 Å². The lowest BCUT2D eigenvalue weighted by atomic mass is 10.0. The molecule has 136 valence electrons. The summed E-state index contributed by atoms with van der Waals surface area (Å²) in [6.07, 6.45) is 0.226. The van der Waals surface area contributed by atoms with Crippen molar-refractivity contribution in [2.24, 2.45) is 11.8 Å². The summed E-state index contributed by atoms with van der Waals surface area (Å²) in [5.41, 5.74) is 0. The van der Waals surface area contributed by atoms with E-state index in [1.807, 2.05) is 31.4 Å². The third kappa shape index (κ3) is 7.45. The van der Waals surface area contributed by atoms with Gasteiger partial charge in [0.15, 0.2) is 12.7 Å². The molecule has 1 aromatic rings. The number of esters is 1. The molecule has 1 N–H and O–H groups in total. The van der Waals surface area contributed by atoms with Crippen LogP contribution in [-0.2, 0) is 19.1 Å². The van der Waals surface area contributed by atoms with Crippen molar-refractivity contribution >= 4 is 23.2 Å². The quantitative estimate of drug-likeness (QED) is 0.652. The number of amides is 1. The van der Waals surface area contributed by atoms with Crippen molar-refractivity contribution in [3.8, 4) is 0 Å². The van der Waals surface area contributed by atoms with Crippen LogP contribution in [0.2, 0.25) is 0 Å². The van der Waals surface area contributed by atoms with Gasteiger partial charge in [-0.15, -0.1) is 11.3 Å².